The Balaban J connectivity index is 0.980. The molecule has 0 bridgehead atoms. The first kappa shape index (κ1) is 51.6. The van der Waals surface area contributed by atoms with E-state index in [0.29, 0.717) is 38.5 Å². The average molecular weight is 977 g/mol. The molecule has 3 saturated heterocycles. The second-order valence-electron chi connectivity index (χ2n) is 22.1. The molecule has 8 aliphatic rings. The van der Waals surface area contributed by atoms with Crippen molar-refractivity contribution in [2.75, 3.05) is 19.8 Å². The Morgan fingerprint density at radius 1 is 0.761 bits per heavy atom. The number of ether oxygens (including phenoxy) is 6. The number of hydrogen-bond donors (Lipinski definition) is 10. The maximum Gasteiger partial charge on any atom is 0.397 e. The molecule has 0 unspecified atom stereocenters. The van der Waals surface area contributed by atoms with Crippen LogP contribution in [0.3, 0.4) is 0 Å². The lowest BCUT2D eigenvalue weighted by molar-refractivity contribution is -0.355. The Morgan fingerprint density at radius 3 is 2.10 bits per heavy atom. The fourth-order valence-corrected chi connectivity index (χ4v) is 15.1. The highest BCUT2D eigenvalue weighted by molar-refractivity contribution is 7.80. The third kappa shape index (κ3) is 8.49. The van der Waals surface area contributed by atoms with E-state index < -0.39 is 133 Å². The monoisotopic (exact) mass is 976 g/mol. The molecule has 0 aromatic carbocycles. The molecule has 22 atom stereocenters. The van der Waals surface area contributed by atoms with Gasteiger partial charge in [0.15, 0.2) is 12.6 Å². The van der Waals surface area contributed by atoms with E-state index >= 15 is 0 Å². The number of rotatable bonds is 10. The molecule has 0 aromatic heterocycles. The van der Waals surface area contributed by atoms with Crippen molar-refractivity contribution >= 4 is 16.4 Å². The van der Waals surface area contributed by atoms with Crippen LogP contribution in [0, 0.1) is 44.8 Å². The first-order valence-electron chi connectivity index (χ1n) is 23.7. The Bertz CT molecular complexity index is 2000. The summed E-state index contributed by atoms with van der Waals surface area (Å²) in [6.07, 6.45) is -14.0. The maximum absolute atomic E-state index is 14.5. The molecule has 0 radical (unpaired) electrons. The minimum Gasteiger partial charge on any atom is -0.432 e. The van der Waals surface area contributed by atoms with Crippen LogP contribution >= 0.6 is 0 Å². The van der Waals surface area contributed by atoms with E-state index in [1.54, 1.807) is 0 Å². The third-order valence-electron chi connectivity index (χ3n) is 18.5. The van der Waals surface area contributed by atoms with Crippen LogP contribution in [0.2, 0.25) is 0 Å². The summed E-state index contributed by atoms with van der Waals surface area (Å²) in [6.45, 7) is 14.0. The van der Waals surface area contributed by atoms with Crippen molar-refractivity contribution in [1.29, 1.82) is 0 Å². The lowest BCUT2D eigenvalue weighted by Crippen LogP contribution is -2.66. The molecule has 20 nitrogen and oxygen atoms in total. The van der Waals surface area contributed by atoms with E-state index in [1.807, 2.05) is 0 Å². The largest absolute Gasteiger partial charge is 0.432 e. The van der Waals surface area contributed by atoms with E-state index in [-0.39, 0.29) is 40.6 Å². The van der Waals surface area contributed by atoms with Gasteiger partial charge in [-0.3, -0.25) is 9.35 Å². The number of carbonyl (C=O) groups excluding carboxylic acids is 1. The molecule has 3 heterocycles. The SMILES string of the molecule is C=C1CC[C@]2(C(=O)O[C@@H]3O[C@H](CO)[C@@H](O)[C@H](O)[C@H]3O)CC[C@]3(C)C(=CC[C@@H]4[C@@]5(C)CC[C@H](O[C@@H]6OC[C@H](O)[C@H](O[C@@H]7O[C@H](CO)[C@@H](OS(=O)(=O)O)[C@H](O)[C@H]7O)[C@H]6O)C(C)(C)[C@@H]5CC[C@]43C)[C@@H]2C1. The zero-order chi connectivity index (χ0) is 49.0. The summed E-state index contributed by atoms with van der Waals surface area (Å²) in [5, 5.41) is 95.2. The lowest BCUT2D eigenvalue weighted by atomic mass is 9.34. The quantitative estimate of drug-likeness (QED) is 0.0602. The molecule has 0 amide bonds. The molecule has 10 N–H and O–H groups in total. The normalized spacial score (nSPS) is 51.0. The second kappa shape index (κ2) is 18.4. The predicted octanol–water partition coefficient (Wildman–Crippen LogP) is 0.137. The predicted molar refractivity (Wildman–Crippen MR) is 230 cm³/mol. The number of aliphatic hydroxyl groups excluding tert-OH is 9. The van der Waals surface area contributed by atoms with Gasteiger partial charge >= 0.3 is 16.4 Å². The highest BCUT2D eigenvalue weighted by atomic mass is 32.3. The Kier molecular flexibility index (Phi) is 14.2. The minimum atomic E-state index is -5.12. The highest BCUT2D eigenvalue weighted by Gasteiger charge is 2.69. The van der Waals surface area contributed by atoms with Crippen LogP contribution in [0.1, 0.15) is 98.8 Å². The number of carbonyl (C=O) groups is 1. The summed E-state index contributed by atoms with van der Waals surface area (Å²) in [6, 6.07) is 0. The molecule has 0 aromatic rings. The van der Waals surface area contributed by atoms with E-state index in [0.717, 1.165) is 31.3 Å². The van der Waals surface area contributed by atoms with Gasteiger partial charge in [-0.1, -0.05) is 58.4 Å². The fraction of sp³-hybridized carbons (Fsp3) is 0.891. The van der Waals surface area contributed by atoms with Crippen molar-refractivity contribution in [1.82, 2.24) is 0 Å². The fourth-order valence-electron chi connectivity index (χ4n) is 14.6. The van der Waals surface area contributed by atoms with Gasteiger partial charge in [0.1, 0.15) is 67.1 Å². The van der Waals surface area contributed by atoms with Crippen molar-refractivity contribution in [3.8, 4) is 0 Å². The molecule has 7 fully saturated rings. The van der Waals surface area contributed by atoms with Gasteiger partial charge in [-0.05, 0) is 97.7 Å². The standard InChI is InChI=1S/C46H72O20S/c1-21-9-14-46(41(56)65-40-33(53)31(51)30(50)25(18-47)61-40)16-15-44(5)22(23(46)17-21)7-8-28-43(4)12-11-29(42(2,3)27(43)10-13-45(28,44)6)63-38-35(55)36(24(49)20-60-38)64-39-34(54)32(52)37(26(19-48)62-39)66-67(57,58)59/h7,23-40,47-55H,1,8-20H2,2-6H3,(H,57,58,59)/t23-,24-,25+,26+,27-,28+,29-,30+,31-,32+,33+,34+,35+,36-,37+,38-,39-,40-,43-,44+,45+,46-/m0/s1. The van der Waals surface area contributed by atoms with Crippen molar-refractivity contribution < 1.29 is 96.3 Å². The Morgan fingerprint density at radius 2 is 1.43 bits per heavy atom. The minimum absolute atomic E-state index is 0.155. The van der Waals surface area contributed by atoms with Crippen molar-refractivity contribution in [2.24, 2.45) is 44.8 Å². The van der Waals surface area contributed by atoms with Crippen LogP contribution in [0.25, 0.3) is 0 Å². The number of fused-ring (bicyclic) bond motifs is 7. The van der Waals surface area contributed by atoms with E-state index in [9.17, 15) is 59.2 Å². The van der Waals surface area contributed by atoms with Crippen LogP contribution in [0.15, 0.2) is 23.8 Å². The Labute approximate surface area is 391 Å². The average Bonchev–Trinajstić information content (AvgIpc) is 3.26. The summed E-state index contributed by atoms with van der Waals surface area (Å²) in [5.41, 5.74) is 0.267. The molecule has 3 aliphatic heterocycles. The van der Waals surface area contributed by atoms with E-state index in [1.165, 1.54) is 5.57 Å². The second-order valence-corrected chi connectivity index (χ2v) is 23.1. The van der Waals surface area contributed by atoms with Crippen LogP contribution in [-0.2, 0) is 47.8 Å². The van der Waals surface area contributed by atoms with Gasteiger partial charge in [-0.15, -0.1) is 0 Å². The van der Waals surface area contributed by atoms with Crippen molar-refractivity contribution in [3.05, 3.63) is 23.8 Å². The topological polar surface area (TPSA) is 318 Å². The maximum atomic E-state index is 14.5. The van der Waals surface area contributed by atoms with Crippen LogP contribution in [0.4, 0.5) is 0 Å². The van der Waals surface area contributed by atoms with Gasteiger partial charge in [0.25, 0.3) is 0 Å². The van der Waals surface area contributed by atoms with Crippen LogP contribution in [0.5, 0.6) is 0 Å². The van der Waals surface area contributed by atoms with Gasteiger partial charge in [0, 0.05) is 5.92 Å². The van der Waals surface area contributed by atoms with E-state index in [2.05, 4.69) is 51.5 Å². The number of hydrogen-bond acceptors (Lipinski definition) is 19. The smallest absolute Gasteiger partial charge is 0.397 e. The number of allylic oxidation sites excluding steroid dienone is 3. The third-order valence-corrected chi connectivity index (χ3v) is 19.0. The van der Waals surface area contributed by atoms with Crippen LogP contribution < -0.4 is 0 Å². The molecule has 382 valence electrons. The van der Waals surface area contributed by atoms with Crippen molar-refractivity contribution in [3.63, 3.8) is 0 Å². The van der Waals surface area contributed by atoms with Gasteiger partial charge in [-0.25, -0.2) is 4.18 Å². The van der Waals surface area contributed by atoms with E-state index in [4.69, 9.17) is 33.0 Å². The van der Waals surface area contributed by atoms with Crippen molar-refractivity contribution in [2.45, 2.75) is 191 Å². The molecular weight excluding hydrogens is 905 g/mol. The molecular formula is C46H72O20S. The highest BCUT2D eigenvalue weighted by Crippen LogP contribution is 2.75. The molecule has 8 rings (SSSR count). The summed E-state index contributed by atoms with van der Waals surface area (Å²) in [7, 11) is -5.12. The van der Waals surface area contributed by atoms with Gasteiger partial charge < -0.3 is 74.4 Å². The first-order chi connectivity index (χ1) is 31.3. The molecule has 21 heteroatoms. The molecule has 5 aliphatic carbocycles. The summed E-state index contributed by atoms with van der Waals surface area (Å²) < 4.78 is 71.7. The van der Waals surface area contributed by atoms with Gasteiger partial charge in [0.2, 0.25) is 6.29 Å². The van der Waals surface area contributed by atoms with Crippen LogP contribution in [-0.4, -0.2) is 177 Å². The summed E-state index contributed by atoms with van der Waals surface area (Å²) in [5.74, 6) is -0.331. The number of esters is 1. The van der Waals surface area contributed by atoms with Gasteiger partial charge in [-0.2, -0.15) is 8.42 Å². The Hall–Kier alpha value is -1.74. The zero-order valence-electron chi connectivity index (χ0n) is 38.8. The molecule has 4 saturated carbocycles. The van der Waals surface area contributed by atoms with Gasteiger partial charge in [0.05, 0.1) is 31.3 Å². The lowest BCUT2D eigenvalue weighted by Gasteiger charge is -2.71. The summed E-state index contributed by atoms with van der Waals surface area (Å²) >= 11 is 0. The number of aliphatic hydroxyl groups is 9. The summed E-state index contributed by atoms with van der Waals surface area (Å²) in [4.78, 5) is 14.5. The molecule has 67 heavy (non-hydrogen) atoms. The molecule has 0 spiro atoms. The first-order valence-corrected chi connectivity index (χ1v) is 25.1. The zero-order valence-corrected chi connectivity index (χ0v) is 39.6.